The highest BCUT2D eigenvalue weighted by Crippen LogP contribution is 2.01. The summed E-state index contributed by atoms with van der Waals surface area (Å²) >= 11 is 0. The van der Waals surface area contributed by atoms with Gasteiger partial charge in [0.25, 0.3) is 0 Å². The van der Waals surface area contributed by atoms with Crippen LogP contribution in [0.15, 0.2) is 0 Å². The highest BCUT2D eigenvalue weighted by molar-refractivity contribution is 7.90. The van der Waals surface area contributed by atoms with Crippen LogP contribution in [0.4, 0.5) is 0 Å². The average molecular weight is 220 g/mol. The van der Waals surface area contributed by atoms with Crippen molar-refractivity contribution in [2.75, 3.05) is 6.54 Å². The Kier molecular flexibility index (Phi) is 5.05. The minimum absolute atomic E-state index is 0.0184. The molecule has 0 aliphatic heterocycles. The molecule has 0 rings (SSSR count). The van der Waals surface area contributed by atoms with Gasteiger partial charge in [0.2, 0.25) is 10.0 Å². The number of aliphatic hydroxyl groups excluding tert-OH is 1. The first kappa shape index (κ1) is 13.4. The van der Waals surface area contributed by atoms with Gasteiger partial charge in [0.1, 0.15) is 0 Å². The lowest BCUT2D eigenvalue weighted by atomic mass is 10.1. The number of nitriles is 1. The molecule has 2 atom stereocenters. The summed E-state index contributed by atoms with van der Waals surface area (Å²) < 4.78 is 24.7. The SMILES string of the molecule is CC(C)C(O)CNS(=O)(=O)C(C)C#N. The molecular weight excluding hydrogens is 204 g/mol. The summed E-state index contributed by atoms with van der Waals surface area (Å²) in [6.45, 7) is 4.81. The second-order valence-corrected chi connectivity index (χ2v) is 5.56. The Balaban J connectivity index is 4.22. The monoisotopic (exact) mass is 220 g/mol. The van der Waals surface area contributed by atoms with Gasteiger partial charge in [-0.05, 0) is 12.8 Å². The predicted molar refractivity (Wildman–Crippen MR) is 52.8 cm³/mol. The lowest BCUT2D eigenvalue weighted by Gasteiger charge is -2.15. The van der Waals surface area contributed by atoms with E-state index in [1.54, 1.807) is 19.9 Å². The molecule has 0 aromatic heterocycles. The van der Waals surface area contributed by atoms with Gasteiger partial charge in [0.05, 0.1) is 12.2 Å². The second-order valence-electron chi connectivity index (χ2n) is 3.48. The van der Waals surface area contributed by atoms with Crippen LogP contribution < -0.4 is 4.72 Å². The molecule has 0 bridgehead atoms. The lowest BCUT2D eigenvalue weighted by molar-refractivity contribution is 0.129. The van der Waals surface area contributed by atoms with E-state index in [1.807, 2.05) is 0 Å². The molecule has 0 radical (unpaired) electrons. The van der Waals surface area contributed by atoms with Crippen LogP contribution in [0.25, 0.3) is 0 Å². The minimum Gasteiger partial charge on any atom is -0.391 e. The maximum Gasteiger partial charge on any atom is 0.227 e. The van der Waals surface area contributed by atoms with Crippen molar-refractivity contribution in [3.63, 3.8) is 0 Å². The third-order valence-corrected chi connectivity index (χ3v) is 3.52. The van der Waals surface area contributed by atoms with Gasteiger partial charge >= 0.3 is 0 Å². The largest absolute Gasteiger partial charge is 0.391 e. The summed E-state index contributed by atoms with van der Waals surface area (Å²) in [4.78, 5) is 0. The topological polar surface area (TPSA) is 90.2 Å². The Morgan fingerprint density at radius 2 is 1.93 bits per heavy atom. The van der Waals surface area contributed by atoms with Crippen LogP contribution in [-0.2, 0) is 10.0 Å². The van der Waals surface area contributed by atoms with Gasteiger partial charge in [0, 0.05) is 6.54 Å². The summed E-state index contributed by atoms with van der Waals surface area (Å²) in [6, 6.07) is 1.63. The maximum absolute atomic E-state index is 11.2. The van der Waals surface area contributed by atoms with E-state index in [4.69, 9.17) is 5.26 Å². The normalized spacial score (nSPS) is 16.3. The van der Waals surface area contributed by atoms with Gasteiger partial charge in [-0.3, -0.25) is 0 Å². The maximum atomic E-state index is 11.2. The van der Waals surface area contributed by atoms with Gasteiger partial charge in [-0.2, -0.15) is 5.26 Å². The van der Waals surface area contributed by atoms with E-state index >= 15 is 0 Å². The van der Waals surface area contributed by atoms with Gasteiger partial charge < -0.3 is 5.11 Å². The molecule has 2 unspecified atom stereocenters. The Bertz CT molecular complexity index is 305. The number of nitrogens with one attached hydrogen (secondary N) is 1. The molecule has 5 nitrogen and oxygen atoms in total. The molecule has 82 valence electrons. The van der Waals surface area contributed by atoms with Crippen LogP contribution in [0, 0.1) is 17.2 Å². The summed E-state index contributed by atoms with van der Waals surface area (Å²) in [6.07, 6.45) is -0.726. The number of aliphatic hydroxyl groups is 1. The third kappa shape index (κ3) is 4.05. The summed E-state index contributed by atoms with van der Waals surface area (Å²) in [7, 11) is -3.61. The number of hydrogen-bond acceptors (Lipinski definition) is 4. The van der Waals surface area contributed by atoms with Gasteiger partial charge in [-0.15, -0.1) is 0 Å². The molecule has 0 aromatic carbocycles. The first-order valence-electron chi connectivity index (χ1n) is 4.37. The van der Waals surface area contributed by atoms with Crippen molar-refractivity contribution in [1.82, 2.24) is 4.72 Å². The second kappa shape index (κ2) is 5.29. The first-order valence-corrected chi connectivity index (χ1v) is 5.92. The molecule has 0 amide bonds. The molecule has 0 aromatic rings. The molecule has 0 saturated heterocycles. The predicted octanol–water partition coefficient (Wildman–Crippen LogP) is -0.165. The fourth-order valence-corrected chi connectivity index (χ4v) is 1.42. The highest BCUT2D eigenvalue weighted by Gasteiger charge is 2.21. The fourth-order valence-electron chi connectivity index (χ4n) is 0.632. The van der Waals surface area contributed by atoms with Crippen molar-refractivity contribution >= 4 is 10.0 Å². The number of hydrogen-bond donors (Lipinski definition) is 2. The van der Waals surface area contributed by atoms with E-state index in [2.05, 4.69) is 4.72 Å². The zero-order valence-corrected chi connectivity index (χ0v) is 9.37. The summed E-state index contributed by atoms with van der Waals surface area (Å²) in [5.74, 6) is -0.0184. The zero-order valence-electron chi connectivity index (χ0n) is 8.56. The van der Waals surface area contributed by atoms with Crippen molar-refractivity contribution in [2.24, 2.45) is 5.92 Å². The van der Waals surface area contributed by atoms with Gasteiger partial charge in [-0.1, -0.05) is 13.8 Å². The Morgan fingerprint density at radius 3 is 2.29 bits per heavy atom. The fraction of sp³-hybridized carbons (Fsp3) is 0.875. The molecule has 0 saturated carbocycles. The third-order valence-electron chi connectivity index (χ3n) is 1.91. The molecule has 0 spiro atoms. The molecule has 6 heteroatoms. The standard InChI is InChI=1S/C8H16N2O3S/c1-6(2)8(11)5-10-14(12,13)7(3)4-9/h6-8,10-11H,5H2,1-3H3. The highest BCUT2D eigenvalue weighted by atomic mass is 32.2. The van der Waals surface area contributed by atoms with Crippen LogP contribution >= 0.6 is 0 Å². The zero-order chi connectivity index (χ0) is 11.4. The molecular formula is C8H16N2O3S. The summed E-state index contributed by atoms with van der Waals surface area (Å²) in [5.41, 5.74) is 0. The van der Waals surface area contributed by atoms with Crippen molar-refractivity contribution in [3.8, 4) is 6.07 Å². The van der Waals surface area contributed by atoms with Crippen LogP contribution in [0.2, 0.25) is 0 Å². The molecule has 0 aliphatic rings. The smallest absolute Gasteiger partial charge is 0.227 e. The Morgan fingerprint density at radius 1 is 1.43 bits per heavy atom. The molecule has 0 heterocycles. The van der Waals surface area contributed by atoms with Crippen molar-refractivity contribution in [1.29, 1.82) is 5.26 Å². The van der Waals surface area contributed by atoms with Crippen molar-refractivity contribution in [2.45, 2.75) is 32.1 Å². The number of sulfonamides is 1. The first-order chi connectivity index (χ1) is 6.31. The van der Waals surface area contributed by atoms with E-state index in [0.29, 0.717) is 0 Å². The van der Waals surface area contributed by atoms with Gasteiger partial charge in [0.15, 0.2) is 5.25 Å². The van der Waals surface area contributed by atoms with Crippen molar-refractivity contribution in [3.05, 3.63) is 0 Å². The molecule has 0 aliphatic carbocycles. The Hall–Kier alpha value is -0.640. The van der Waals surface area contributed by atoms with Crippen LogP contribution in [-0.4, -0.2) is 31.4 Å². The van der Waals surface area contributed by atoms with E-state index in [9.17, 15) is 13.5 Å². The van der Waals surface area contributed by atoms with Crippen LogP contribution in [0.3, 0.4) is 0 Å². The number of rotatable bonds is 5. The molecule has 2 N–H and O–H groups in total. The van der Waals surface area contributed by atoms with Gasteiger partial charge in [-0.25, -0.2) is 13.1 Å². The quantitative estimate of drug-likeness (QED) is 0.673. The van der Waals surface area contributed by atoms with E-state index in [1.165, 1.54) is 6.92 Å². The molecule has 14 heavy (non-hydrogen) atoms. The van der Waals surface area contributed by atoms with E-state index in [-0.39, 0.29) is 12.5 Å². The average Bonchev–Trinajstić information content (AvgIpc) is 2.12. The summed E-state index contributed by atoms with van der Waals surface area (Å²) in [5, 5.41) is 16.7. The van der Waals surface area contributed by atoms with Crippen molar-refractivity contribution < 1.29 is 13.5 Å². The molecule has 0 fully saturated rings. The van der Waals surface area contributed by atoms with Crippen LogP contribution in [0.5, 0.6) is 0 Å². The number of nitrogens with zero attached hydrogens (tertiary/aromatic N) is 1. The lowest BCUT2D eigenvalue weighted by Crippen LogP contribution is -2.38. The van der Waals surface area contributed by atoms with E-state index in [0.717, 1.165) is 0 Å². The van der Waals surface area contributed by atoms with Crippen LogP contribution in [0.1, 0.15) is 20.8 Å². The Labute approximate surface area is 84.8 Å². The minimum atomic E-state index is -3.61. The van der Waals surface area contributed by atoms with E-state index < -0.39 is 21.4 Å².